The third-order valence-electron chi connectivity index (χ3n) is 3.01. The van der Waals surface area contributed by atoms with Gasteiger partial charge in [0.1, 0.15) is 12.4 Å². The minimum atomic E-state index is -0.562. The molecule has 2 aromatic carbocycles. The largest absolute Gasteiger partial charge is 0.488 e. The molecule has 0 bridgehead atoms. The highest BCUT2D eigenvalue weighted by molar-refractivity contribution is 9.10. The Morgan fingerprint density at radius 1 is 1.36 bits per heavy atom. The highest BCUT2D eigenvalue weighted by Crippen LogP contribution is 2.25. The summed E-state index contributed by atoms with van der Waals surface area (Å²) >= 11 is 3.38. The van der Waals surface area contributed by atoms with Crippen LogP contribution in [0, 0.1) is 10.1 Å². The van der Waals surface area contributed by atoms with Crippen molar-refractivity contribution in [3.05, 3.63) is 80.8 Å². The van der Waals surface area contributed by atoms with Crippen LogP contribution in [0.25, 0.3) is 0 Å². The van der Waals surface area contributed by atoms with Crippen LogP contribution in [0.4, 0.5) is 5.69 Å². The van der Waals surface area contributed by atoms with Gasteiger partial charge in [0.2, 0.25) is 0 Å². The Labute approximate surface area is 152 Å². The number of rotatable bonds is 7. The predicted molar refractivity (Wildman–Crippen MR) is 98.0 cm³/mol. The van der Waals surface area contributed by atoms with Crippen molar-refractivity contribution in [2.45, 2.75) is 0 Å². The average Bonchev–Trinajstić information content (AvgIpc) is 2.61. The summed E-state index contributed by atoms with van der Waals surface area (Å²) in [6.07, 6.45) is 3.10. The molecule has 0 atom stereocenters. The molecule has 0 fully saturated rings. The van der Waals surface area contributed by atoms with Gasteiger partial charge in [-0.3, -0.25) is 14.9 Å². The minimum absolute atomic E-state index is 0.153. The summed E-state index contributed by atoms with van der Waals surface area (Å²) in [6.45, 7) is 3.98. The van der Waals surface area contributed by atoms with Crippen LogP contribution in [0.15, 0.2) is 64.7 Å². The van der Waals surface area contributed by atoms with E-state index in [9.17, 15) is 14.9 Å². The van der Waals surface area contributed by atoms with Crippen LogP contribution in [0.1, 0.15) is 15.9 Å². The van der Waals surface area contributed by atoms with E-state index in [1.807, 2.05) is 0 Å². The fraction of sp³-hybridized carbons (Fsp3) is 0.0588. The van der Waals surface area contributed by atoms with Crippen LogP contribution in [0.2, 0.25) is 0 Å². The van der Waals surface area contributed by atoms with Gasteiger partial charge in [-0.15, -0.1) is 0 Å². The number of nitro groups is 1. The lowest BCUT2D eigenvalue weighted by atomic mass is 10.2. The zero-order valence-corrected chi connectivity index (χ0v) is 14.6. The fourth-order valence-electron chi connectivity index (χ4n) is 1.85. The highest BCUT2D eigenvalue weighted by atomic mass is 79.9. The molecule has 0 unspecified atom stereocenters. The first kappa shape index (κ1) is 18.3. The van der Waals surface area contributed by atoms with Crippen molar-refractivity contribution in [1.82, 2.24) is 5.43 Å². The smallest absolute Gasteiger partial charge is 0.271 e. The molecule has 128 valence electrons. The first-order chi connectivity index (χ1) is 12.0. The molecule has 1 amide bonds. The fourth-order valence-corrected chi connectivity index (χ4v) is 2.36. The van der Waals surface area contributed by atoms with Crippen LogP contribution in [-0.4, -0.2) is 23.7 Å². The number of amides is 1. The molecule has 7 nitrogen and oxygen atoms in total. The molecule has 2 aromatic rings. The number of carbonyl (C=O) groups excluding carboxylic acids is 1. The van der Waals surface area contributed by atoms with E-state index in [1.165, 1.54) is 30.5 Å². The molecule has 25 heavy (non-hydrogen) atoms. The molecule has 0 aromatic heterocycles. The molecular weight excluding hydrogens is 390 g/mol. The second-order valence-corrected chi connectivity index (χ2v) is 5.65. The summed E-state index contributed by atoms with van der Waals surface area (Å²) in [5.41, 5.74) is 3.06. The number of ether oxygens (including phenoxy) is 1. The number of carbonyl (C=O) groups is 1. The molecule has 0 aliphatic carbocycles. The van der Waals surface area contributed by atoms with Gasteiger partial charge in [0.25, 0.3) is 11.6 Å². The number of nitro benzene ring substituents is 1. The Kier molecular flexibility index (Phi) is 6.41. The van der Waals surface area contributed by atoms with E-state index in [4.69, 9.17) is 4.74 Å². The first-order valence-corrected chi connectivity index (χ1v) is 7.91. The first-order valence-electron chi connectivity index (χ1n) is 7.12. The number of hydrogen-bond acceptors (Lipinski definition) is 5. The number of nitrogens with zero attached hydrogens (tertiary/aromatic N) is 2. The summed E-state index contributed by atoms with van der Waals surface area (Å²) in [5, 5.41) is 14.6. The molecule has 2 rings (SSSR count). The van der Waals surface area contributed by atoms with E-state index in [1.54, 1.807) is 24.3 Å². The van der Waals surface area contributed by atoms with Gasteiger partial charge in [-0.05, 0) is 45.8 Å². The Morgan fingerprint density at radius 2 is 2.16 bits per heavy atom. The minimum Gasteiger partial charge on any atom is -0.488 e. The van der Waals surface area contributed by atoms with Crippen LogP contribution < -0.4 is 10.2 Å². The van der Waals surface area contributed by atoms with E-state index in [2.05, 4.69) is 33.0 Å². The normalized spacial score (nSPS) is 10.4. The number of nitrogens with one attached hydrogen (secondary N) is 1. The molecule has 1 N–H and O–H groups in total. The highest BCUT2D eigenvalue weighted by Gasteiger charge is 2.10. The zero-order chi connectivity index (χ0) is 18.2. The van der Waals surface area contributed by atoms with Crippen LogP contribution in [0.3, 0.4) is 0 Å². The average molecular weight is 404 g/mol. The number of hydrogen-bond donors (Lipinski definition) is 1. The molecule has 0 aliphatic rings. The Hall–Kier alpha value is -3.00. The van der Waals surface area contributed by atoms with Gasteiger partial charge in [-0.1, -0.05) is 18.7 Å². The van der Waals surface area contributed by atoms with Gasteiger partial charge in [0.15, 0.2) is 0 Å². The topological polar surface area (TPSA) is 93.8 Å². The summed E-state index contributed by atoms with van der Waals surface area (Å²) in [6, 6.07) is 10.7. The number of halogens is 1. The second kappa shape index (κ2) is 8.74. The molecule has 0 aliphatic heterocycles. The van der Waals surface area contributed by atoms with Crippen molar-refractivity contribution in [3.63, 3.8) is 0 Å². The molecule has 0 heterocycles. The standard InChI is InChI=1S/C17H14BrN3O4/c1-2-8-25-16-7-6-12(9-15(16)18)11-19-20-17(22)13-4-3-5-14(10-13)21(23)24/h2-7,9-11H,1,8H2,(H,20,22)/b19-11-. The van der Waals surface area contributed by atoms with Crippen LogP contribution >= 0.6 is 15.9 Å². The van der Waals surface area contributed by atoms with Gasteiger partial charge in [0, 0.05) is 17.7 Å². The molecule has 8 heteroatoms. The van der Waals surface area contributed by atoms with Crippen LogP contribution in [0.5, 0.6) is 5.75 Å². The summed E-state index contributed by atoms with van der Waals surface area (Å²) < 4.78 is 6.18. The third kappa shape index (κ3) is 5.25. The quantitative estimate of drug-likeness (QED) is 0.330. The van der Waals surface area contributed by atoms with Gasteiger partial charge in [0.05, 0.1) is 15.6 Å². The van der Waals surface area contributed by atoms with Crippen molar-refractivity contribution >= 4 is 33.7 Å². The van der Waals surface area contributed by atoms with Crippen molar-refractivity contribution in [2.24, 2.45) is 5.10 Å². The van der Waals surface area contributed by atoms with Crippen molar-refractivity contribution < 1.29 is 14.5 Å². The van der Waals surface area contributed by atoms with Gasteiger partial charge < -0.3 is 4.74 Å². The number of non-ortho nitro benzene ring substituents is 1. The van der Waals surface area contributed by atoms with E-state index in [0.29, 0.717) is 12.4 Å². The van der Waals surface area contributed by atoms with Gasteiger partial charge >= 0.3 is 0 Å². The predicted octanol–water partition coefficient (Wildman–Crippen LogP) is 3.69. The second-order valence-electron chi connectivity index (χ2n) is 4.80. The van der Waals surface area contributed by atoms with Crippen molar-refractivity contribution in [2.75, 3.05) is 6.61 Å². The van der Waals surface area contributed by atoms with Crippen molar-refractivity contribution in [3.8, 4) is 5.75 Å². The van der Waals surface area contributed by atoms with E-state index >= 15 is 0 Å². The molecular formula is C17H14BrN3O4. The maximum Gasteiger partial charge on any atom is 0.271 e. The SMILES string of the molecule is C=CCOc1ccc(/C=N\NC(=O)c2cccc([N+](=O)[O-])c2)cc1Br. The monoisotopic (exact) mass is 403 g/mol. The Morgan fingerprint density at radius 3 is 2.84 bits per heavy atom. The summed E-state index contributed by atoms with van der Waals surface area (Å²) in [7, 11) is 0. The van der Waals surface area contributed by atoms with E-state index in [-0.39, 0.29) is 11.3 Å². The van der Waals surface area contributed by atoms with Gasteiger partial charge in [-0.2, -0.15) is 5.10 Å². The van der Waals surface area contributed by atoms with E-state index < -0.39 is 10.8 Å². The summed E-state index contributed by atoms with van der Waals surface area (Å²) in [4.78, 5) is 22.1. The molecule has 0 saturated carbocycles. The third-order valence-corrected chi connectivity index (χ3v) is 3.63. The summed E-state index contributed by atoms with van der Waals surface area (Å²) in [5.74, 6) is 0.127. The lowest BCUT2D eigenvalue weighted by Gasteiger charge is -2.06. The molecule has 0 radical (unpaired) electrons. The van der Waals surface area contributed by atoms with E-state index in [0.717, 1.165) is 10.0 Å². The number of hydrazone groups is 1. The lowest BCUT2D eigenvalue weighted by molar-refractivity contribution is -0.384. The molecule has 0 saturated heterocycles. The maximum atomic E-state index is 12.0. The van der Waals surface area contributed by atoms with Crippen molar-refractivity contribution in [1.29, 1.82) is 0 Å². The Bertz CT molecular complexity index is 836. The van der Waals surface area contributed by atoms with Gasteiger partial charge in [-0.25, -0.2) is 5.43 Å². The maximum absolute atomic E-state index is 12.0. The lowest BCUT2D eigenvalue weighted by Crippen LogP contribution is -2.17. The number of benzene rings is 2. The Balaban J connectivity index is 2.01. The molecule has 0 spiro atoms. The zero-order valence-electron chi connectivity index (χ0n) is 13.0. The van der Waals surface area contributed by atoms with Crippen LogP contribution in [-0.2, 0) is 0 Å².